The Balaban J connectivity index is 0.000000567. The van der Waals surface area contributed by atoms with Crippen molar-refractivity contribution in [3.63, 3.8) is 0 Å². The molecular formula is C28H38FN3O5. The minimum Gasteiger partial charge on any atom is -0.483 e. The second-order valence-electron chi connectivity index (χ2n) is 9.81. The highest BCUT2D eigenvalue weighted by molar-refractivity contribution is 6.02. The van der Waals surface area contributed by atoms with Gasteiger partial charge in [0.05, 0.1) is 11.4 Å². The molecule has 2 amide bonds. The number of halogens is 1. The third kappa shape index (κ3) is 9.15. The van der Waals surface area contributed by atoms with Crippen molar-refractivity contribution in [3.05, 3.63) is 42.2 Å². The molecule has 0 bridgehead atoms. The summed E-state index contributed by atoms with van der Waals surface area (Å²) in [5.41, 5.74) is 1.93. The van der Waals surface area contributed by atoms with Crippen LogP contribution in [0.15, 0.2) is 36.4 Å². The van der Waals surface area contributed by atoms with Gasteiger partial charge >= 0.3 is 6.03 Å². The maximum atomic E-state index is 14.2. The third-order valence-electron chi connectivity index (χ3n) is 6.08. The maximum Gasteiger partial charge on any atom is 0.323 e. The second kappa shape index (κ2) is 14.3. The van der Waals surface area contributed by atoms with E-state index in [0.717, 1.165) is 25.1 Å². The van der Waals surface area contributed by atoms with E-state index >= 15 is 0 Å². The van der Waals surface area contributed by atoms with Gasteiger partial charge in [-0.2, -0.15) is 0 Å². The zero-order valence-electron chi connectivity index (χ0n) is 21.7. The highest BCUT2D eigenvalue weighted by Crippen LogP contribution is 2.36. The fourth-order valence-electron chi connectivity index (χ4n) is 4.34. The summed E-state index contributed by atoms with van der Waals surface area (Å²) in [7, 11) is 0. The SMILES string of the molecule is C1CC1.CC(C)CN(c1cc(F)ccc1NC(=O)Nc1ccc2c(c1)OCO2)C1CCCCC1.O=CO. The number of hydrogen-bond acceptors (Lipinski definition) is 5. The van der Waals surface area contributed by atoms with Crippen LogP contribution in [0.1, 0.15) is 65.2 Å². The van der Waals surface area contributed by atoms with Crippen LogP contribution in [0.4, 0.5) is 26.2 Å². The van der Waals surface area contributed by atoms with Crippen LogP contribution in [0.2, 0.25) is 0 Å². The Bertz CT molecular complexity index is 1020. The summed E-state index contributed by atoms with van der Waals surface area (Å²) in [6.45, 7) is 5.06. The molecular weight excluding hydrogens is 477 g/mol. The van der Waals surface area contributed by atoms with Crippen LogP contribution in [-0.2, 0) is 4.79 Å². The smallest absolute Gasteiger partial charge is 0.323 e. The minimum atomic E-state index is -0.389. The molecule has 0 atom stereocenters. The molecule has 5 rings (SSSR count). The van der Waals surface area contributed by atoms with Crippen molar-refractivity contribution in [2.45, 2.75) is 71.3 Å². The maximum absolute atomic E-state index is 14.2. The summed E-state index contributed by atoms with van der Waals surface area (Å²) in [5.74, 6) is 1.37. The van der Waals surface area contributed by atoms with Crippen LogP contribution >= 0.6 is 0 Å². The van der Waals surface area contributed by atoms with Gasteiger partial charge in [0.1, 0.15) is 5.82 Å². The zero-order valence-corrected chi connectivity index (χ0v) is 21.7. The molecule has 37 heavy (non-hydrogen) atoms. The van der Waals surface area contributed by atoms with Crippen molar-refractivity contribution in [2.24, 2.45) is 5.92 Å². The number of benzene rings is 2. The van der Waals surface area contributed by atoms with Crippen molar-refractivity contribution >= 4 is 29.6 Å². The van der Waals surface area contributed by atoms with Crippen molar-refractivity contribution in [2.75, 3.05) is 28.9 Å². The molecule has 1 aliphatic heterocycles. The Morgan fingerprint density at radius 2 is 1.68 bits per heavy atom. The Morgan fingerprint density at radius 3 is 2.32 bits per heavy atom. The fraction of sp³-hybridized carbons (Fsp3) is 0.500. The molecule has 2 aromatic rings. The molecule has 202 valence electrons. The first-order valence-corrected chi connectivity index (χ1v) is 13.0. The molecule has 2 aromatic carbocycles. The van der Waals surface area contributed by atoms with Gasteiger partial charge in [0, 0.05) is 24.3 Å². The largest absolute Gasteiger partial charge is 0.483 e. The normalized spacial score (nSPS) is 15.5. The van der Waals surface area contributed by atoms with Gasteiger partial charge in [0.25, 0.3) is 6.47 Å². The van der Waals surface area contributed by atoms with E-state index in [-0.39, 0.29) is 25.1 Å². The molecule has 0 spiro atoms. The molecule has 3 N–H and O–H groups in total. The lowest BCUT2D eigenvalue weighted by molar-refractivity contribution is -0.122. The average molecular weight is 516 g/mol. The first-order chi connectivity index (χ1) is 17.9. The summed E-state index contributed by atoms with van der Waals surface area (Å²) in [5, 5.41) is 12.6. The molecule has 1 heterocycles. The van der Waals surface area contributed by atoms with Gasteiger partial charge in [-0.05, 0) is 49.1 Å². The van der Waals surface area contributed by atoms with Gasteiger partial charge in [-0.25, -0.2) is 9.18 Å². The predicted octanol–water partition coefficient (Wildman–Crippen LogP) is 6.86. The fourth-order valence-corrected chi connectivity index (χ4v) is 4.34. The molecule has 0 aromatic heterocycles. The first kappa shape index (κ1) is 28.1. The van der Waals surface area contributed by atoms with Crippen LogP contribution < -0.4 is 25.0 Å². The van der Waals surface area contributed by atoms with E-state index in [2.05, 4.69) is 29.4 Å². The lowest BCUT2D eigenvalue weighted by Gasteiger charge is -2.38. The Labute approximate surface area is 218 Å². The molecule has 9 heteroatoms. The number of ether oxygens (including phenoxy) is 2. The summed E-state index contributed by atoms with van der Waals surface area (Å²) in [4.78, 5) is 23.4. The van der Waals surface area contributed by atoms with E-state index in [1.54, 1.807) is 24.3 Å². The number of carboxylic acid groups (broad SMARTS) is 1. The number of urea groups is 1. The average Bonchev–Trinajstić information content (AvgIpc) is 3.69. The van der Waals surface area contributed by atoms with Gasteiger partial charge in [-0.3, -0.25) is 4.79 Å². The minimum absolute atomic E-state index is 0.177. The lowest BCUT2D eigenvalue weighted by Crippen LogP contribution is -2.40. The molecule has 2 saturated carbocycles. The number of fused-ring (bicyclic) bond motifs is 1. The first-order valence-electron chi connectivity index (χ1n) is 13.0. The van der Waals surface area contributed by atoms with Crippen LogP contribution in [0.25, 0.3) is 0 Å². The van der Waals surface area contributed by atoms with Gasteiger partial charge in [-0.15, -0.1) is 0 Å². The Morgan fingerprint density at radius 1 is 1.03 bits per heavy atom. The molecule has 0 saturated heterocycles. The molecule has 0 radical (unpaired) electrons. The van der Waals surface area contributed by atoms with E-state index in [1.165, 1.54) is 50.7 Å². The van der Waals surface area contributed by atoms with Crippen LogP contribution in [0.5, 0.6) is 11.5 Å². The van der Waals surface area contributed by atoms with Crippen molar-refractivity contribution in [3.8, 4) is 11.5 Å². The van der Waals surface area contributed by atoms with Crippen molar-refractivity contribution in [1.82, 2.24) is 0 Å². The third-order valence-corrected chi connectivity index (χ3v) is 6.08. The number of carbonyl (C=O) groups is 2. The van der Waals surface area contributed by atoms with E-state index in [1.807, 2.05) is 0 Å². The summed E-state index contributed by atoms with van der Waals surface area (Å²) in [6.07, 6.45) is 10.3. The van der Waals surface area contributed by atoms with Crippen LogP contribution in [-0.4, -0.2) is 37.0 Å². The lowest BCUT2D eigenvalue weighted by atomic mass is 9.93. The highest BCUT2D eigenvalue weighted by atomic mass is 19.1. The predicted molar refractivity (Wildman–Crippen MR) is 143 cm³/mol. The number of carbonyl (C=O) groups excluding carboxylic acids is 1. The van der Waals surface area contributed by atoms with Crippen molar-refractivity contribution < 1.29 is 28.6 Å². The number of amides is 2. The van der Waals surface area contributed by atoms with Gasteiger partial charge in [0.2, 0.25) is 6.79 Å². The molecule has 3 aliphatic rings. The van der Waals surface area contributed by atoms with Crippen LogP contribution in [0.3, 0.4) is 0 Å². The monoisotopic (exact) mass is 515 g/mol. The topological polar surface area (TPSA) is 100 Å². The molecule has 2 aliphatic carbocycles. The Kier molecular flexibility index (Phi) is 10.9. The Hall–Kier alpha value is -3.49. The van der Waals surface area contributed by atoms with Gasteiger partial charge in [-0.1, -0.05) is 52.4 Å². The number of rotatable bonds is 6. The van der Waals surface area contributed by atoms with E-state index in [0.29, 0.717) is 34.8 Å². The standard InChI is InChI=1S/C24H30FN3O3.C3H6.CH2O2/c1-16(2)14-28(19-6-4-3-5-7-19)21-12-17(25)8-10-20(21)27-24(29)26-18-9-11-22-23(13-18)31-15-30-22;1-2-3-1;2-1-3/h8-13,16,19H,3-7,14-15H2,1-2H3,(H2,26,27,29);1-3H2;1H,(H,2,3). The molecule has 2 fully saturated rings. The number of nitrogens with one attached hydrogen (secondary N) is 2. The molecule has 0 unspecified atom stereocenters. The number of anilines is 3. The number of hydrogen-bond donors (Lipinski definition) is 3. The summed E-state index contributed by atoms with van der Waals surface area (Å²) in [6, 6.07) is 9.76. The number of nitrogens with zero attached hydrogens (tertiary/aromatic N) is 1. The van der Waals surface area contributed by atoms with Gasteiger partial charge < -0.3 is 30.1 Å². The van der Waals surface area contributed by atoms with E-state index < -0.39 is 0 Å². The van der Waals surface area contributed by atoms with E-state index in [9.17, 15) is 9.18 Å². The van der Waals surface area contributed by atoms with Gasteiger partial charge in [0.15, 0.2) is 11.5 Å². The molecule has 8 nitrogen and oxygen atoms in total. The summed E-state index contributed by atoms with van der Waals surface area (Å²) >= 11 is 0. The van der Waals surface area contributed by atoms with E-state index in [4.69, 9.17) is 19.4 Å². The second-order valence-corrected chi connectivity index (χ2v) is 9.81. The zero-order chi connectivity index (χ0) is 26.6. The van der Waals surface area contributed by atoms with Crippen LogP contribution in [0, 0.1) is 11.7 Å². The van der Waals surface area contributed by atoms with Crippen molar-refractivity contribution in [1.29, 1.82) is 0 Å². The highest BCUT2D eigenvalue weighted by Gasteiger charge is 2.25. The summed E-state index contributed by atoms with van der Waals surface area (Å²) < 4.78 is 24.9. The quantitative estimate of drug-likeness (QED) is 0.363.